The highest BCUT2D eigenvalue weighted by Gasteiger charge is 2.59. The topological polar surface area (TPSA) is 78.6 Å². The SMILES string of the molecule is CC(C)CCC[C@@H](C)[C@H]1CC[C@H]2[C@@H]3CC=C4C[C@@H](N(CCCNCCCCN)C(=O)O)CC[C@]4(C)[C@H]3CC[C@]12C. The zero-order valence-corrected chi connectivity index (χ0v) is 26.7. The molecule has 5 nitrogen and oxygen atoms in total. The Morgan fingerprint density at radius 3 is 2.52 bits per heavy atom. The zero-order chi connectivity index (χ0) is 28.9. The van der Waals surface area contributed by atoms with Crippen LogP contribution in [0.3, 0.4) is 0 Å². The van der Waals surface area contributed by atoms with E-state index in [4.69, 9.17) is 5.73 Å². The number of nitrogens with two attached hydrogens (primary N) is 1. The van der Waals surface area contributed by atoms with Crippen LogP contribution in [0.5, 0.6) is 0 Å². The highest BCUT2D eigenvalue weighted by atomic mass is 16.4. The van der Waals surface area contributed by atoms with E-state index in [1.165, 1.54) is 51.4 Å². The van der Waals surface area contributed by atoms with E-state index in [1.54, 1.807) is 10.5 Å². The summed E-state index contributed by atoms with van der Waals surface area (Å²) in [6.45, 7) is 15.8. The van der Waals surface area contributed by atoms with Gasteiger partial charge in [-0.1, -0.05) is 65.5 Å². The number of fused-ring (bicyclic) bond motifs is 5. The summed E-state index contributed by atoms with van der Waals surface area (Å²) >= 11 is 0. The molecule has 0 aromatic rings. The minimum absolute atomic E-state index is 0.141. The van der Waals surface area contributed by atoms with E-state index in [0.717, 1.165) is 93.7 Å². The molecule has 5 heteroatoms. The molecule has 0 radical (unpaired) electrons. The Morgan fingerprint density at radius 1 is 1.02 bits per heavy atom. The summed E-state index contributed by atoms with van der Waals surface area (Å²) < 4.78 is 0. The van der Waals surface area contributed by atoms with Crippen LogP contribution < -0.4 is 11.1 Å². The summed E-state index contributed by atoms with van der Waals surface area (Å²) in [7, 11) is 0. The Balaban J connectivity index is 1.36. The fourth-order valence-corrected chi connectivity index (χ4v) is 10.3. The first-order chi connectivity index (χ1) is 19.1. The molecule has 3 fully saturated rings. The Labute approximate surface area is 246 Å². The van der Waals surface area contributed by atoms with E-state index >= 15 is 0 Å². The predicted octanol–water partition coefficient (Wildman–Crippen LogP) is 8.10. The maximum absolute atomic E-state index is 12.3. The van der Waals surface area contributed by atoms with Crippen LogP contribution in [0.4, 0.5) is 4.79 Å². The van der Waals surface area contributed by atoms with E-state index < -0.39 is 6.09 Å². The number of carbonyl (C=O) groups is 1. The zero-order valence-electron chi connectivity index (χ0n) is 26.7. The van der Waals surface area contributed by atoms with Crippen LogP contribution in [-0.2, 0) is 0 Å². The van der Waals surface area contributed by atoms with Crippen LogP contribution in [0.15, 0.2) is 11.6 Å². The summed E-state index contributed by atoms with van der Waals surface area (Å²) in [5.74, 6) is 5.08. The molecule has 3 saturated carbocycles. The Morgan fingerprint density at radius 2 is 1.80 bits per heavy atom. The third-order valence-electron chi connectivity index (χ3n) is 12.5. The Kier molecular flexibility index (Phi) is 11.1. The maximum Gasteiger partial charge on any atom is 0.407 e. The molecule has 4 N–H and O–H groups in total. The number of nitrogens with one attached hydrogen (secondary N) is 1. The van der Waals surface area contributed by atoms with E-state index in [1.807, 2.05) is 0 Å². The van der Waals surface area contributed by atoms with Gasteiger partial charge in [0.2, 0.25) is 0 Å². The van der Waals surface area contributed by atoms with E-state index in [0.29, 0.717) is 12.0 Å². The van der Waals surface area contributed by atoms with Crippen molar-refractivity contribution in [2.24, 2.45) is 52.1 Å². The normalized spacial score (nSPS) is 36.0. The van der Waals surface area contributed by atoms with Crippen molar-refractivity contribution >= 4 is 6.09 Å². The number of rotatable bonds is 14. The highest BCUT2D eigenvalue weighted by Crippen LogP contribution is 2.67. The number of unbranched alkanes of at least 4 members (excludes halogenated alkanes) is 1. The van der Waals surface area contributed by atoms with Gasteiger partial charge in [0.25, 0.3) is 0 Å². The van der Waals surface area contributed by atoms with Gasteiger partial charge in [-0.15, -0.1) is 0 Å². The monoisotopic (exact) mass is 557 g/mol. The Hall–Kier alpha value is -1.07. The minimum atomic E-state index is -0.737. The van der Waals surface area contributed by atoms with Gasteiger partial charge in [-0.2, -0.15) is 0 Å². The van der Waals surface area contributed by atoms with Gasteiger partial charge in [0.05, 0.1) is 0 Å². The van der Waals surface area contributed by atoms with Crippen LogP contribution in [0.1, 0.15) is 125 Å². The first kappa shape index (κ1) is 31.9. The number of amides is 1. The van der Waals surface area contributed by atoms with Crippen LogP contribution in [0, 0.1) is 46.3 Å². The molecule has 0 aromatic heterocycles. The van der Waals surface area contributed by atoms with E-state index in [-0.39, 0.29) is 11.5 Å². The molecular weight excluding hydrogens is 494 g/mol. The fraction of sp³-hybridized carbons (Fsp3) is 0.914. The van der Waals surface area contributed by atoms with Crippen molar-refractivity contribution in [2.45, 2.75) is 131 Å². The fourth-order valence-electron chi connectivity index (χ4n) is 10.3. The van der Waals surface area contributed by atoms with Gasteiger partial charge in [-0.3, -0.25) is 0 Å². The van der Waals surface area contributed by atoms with Gasteiger partial charge >= 0.3 is 6.09 Å². The van der Waals surface area contributed by atoms with Gasteiger partial charge in [0, 0.05) is 12.6 Å². The van der Waals surface area contributed by atoms with Gasteiger partial charge in [0.15, 0.2) is 0 Å². The van der Waals surface area contributed by atoms with Crippen molar-refractivity contribution in [3.63, 3.8) is 0 Å². The molecule has 0 unspecified atom stereocenters. The first-order valence-corrected chi connectivity index (χ1v) is 17.2. The smallest absolute Gasteiger partial charge is 0.407 e. The summed E-state index contributed by atoms with van der Waals surface area (Å²) in [5.41, 5.74) is 7.97. The molecule has 4 aliphatic rings. The summed E-state index contributed by atoms with van der Waals surface area (Å²) in [6, 6.07) is 0.141. The number of hydrogen-bond donors (Lipinski definition) is 3. The number of allylic oxidation sites excluding steroid dienone is 1. The van der Waals surface area contributed by atoms with Gasteiger partial charge in [-0.25, -0.2) is 4.79 Å². The number of nitrogens with zero attached hydrogens (tertiary/aromatic N) is 1. The first-order valence-electron chi connectivity index (χ1n) is 17.2. The lowest BCUT2D eigenvalue weighted by atomic mass is 9.46. The largest absolute Gasteiger partial charge is 0.465 e. The molecule has 4 aliphatic carbocycles. The van der Waals surface area contributed by atoms with Crippen LogP contribution in [-0.4, -0.2) is 48.3 Å². The van der Waals surface area contributed by atoms with Gasteiger partial charge < -0.3 is 21.1 Å². The van der Waals surface area contributed by atoms with Crippen molar-refractivity contribution in [1.29, 1.82) is 0 Å². The second kappa shape index (κ2) is 13.9. The summed E-state index contributed by atoms with van der Waals surface area (Å²) in [5, 5.41) is 13.6. The number of carboxylic acid groups (broad SMARTS) is 1. The average molecular weight is 558 g/mol. The molecule has 0 heterocycles. The summed E-state index contributed by atoms with van der Waals surface area (Å²) in [4.78, 5) is 14.1. The van der Waals surface area contributed by atoms with Crippen molar-refractivity contribution in [3.05, 3.63) is 11.6 Å². The predicted molar refractivity (Wildman–Crippen MR) is 167 cm³/mol. The quantitative estimate of drug-likeness (QED) is 0.149. The third kappa shape index (κ3) is 6.77. The van der Waals surface area contributed by atoms with Gasteiger partial charge in [0.1, 0.15) is 0 Å². The molecule has 0 saturated heterocycles. The molecule has 40 heavy (non-hydrogen) atoms. The lowest BCUT2D eigenvalue weighted by Gasteiger charge is -2.59. The molecule has 0 bridgehead atoms. The third-order valence-corrected chi connectivity index (χ3v) is 12.5. The molecule has 8 atom stereocenters. The van der Waals surface area contributed by atoms with E-state index in [2.05, 4.69) is 46.0 Å². The lowest BCUT2D eigenvalue weighted by molar-refractivity contribution is -0.0541. The van der Waals surface area contributed by atoms with Crippen LogP contribution in [0.2, 0.25) is 0 Å². The average Bonchev–Trinajstić information content (AvgIpc) is 3.27. The van der Waals surface area contributed by atoms with Crippen molar-refractivity contribution < 1.29 is 9.90 Å². The standard InChI is InChI=1S/C35H63N3O2/c1-25(2)10-8-11-26(3)30-14-15-31-29-13-12-27-24-28(16-18-34(27,4)32(29)17-19-35(30,31)5)38(33(39)40)23-9-22-37-21-7-6-20-36/h12,25-26,28-32,37H,6-11,13-24,36H2,1-5H3,(H,39,40)/t26-,28+,29+,30-,31+,32+,34+,35-/m1/s1. The molecule has 4 rings (SSSR count). The maximum atomic E-state index is 12.3. The van der Waals surface area contributed by atoms with Crippen molar-refractivity contribution in [2.75, 3.05) is 26.2 Å². The van der Waals surface area contributed by atoms with Crippen LogP contribution >= 0.6 is 0 Å². The molecule has 230 valence electrons. The van der Waals surface area contributed by atoms with Crippen molar-refractivity contribution in [3.8, 4) is 0 Å². The van der Waals surface area contributed by atoms with E-state index in [9.17, 15) is 9.90 Å². The Bertz CT molecular complexity index is 858. The second-order valence-corrected chi connectivity index (χ2v) is 15.3. The van der Waals surface area contributed by atoms with Crippen LogP contribution in [0.25, 0.3) is 0 Å². The number of hydrogen-bond acceptors (Lipinski definition) is 3. The minimum Gasteiger partial charge on any atom is -0.465 e. The van der Waals surface area contributed by atoms with Gasteiger partial charge in [-0.05, 0) is 137 Å². The van der Waals surface area contributed by atoms with Crippen molar-refractivity contribution in [1.82, 2.24) is 10.2 Å². The highest BCUT2D eigenvalue weighted by molar-refractivity contribution is 5.65. The second-order valence-electron chi connectivity index (χ2n) is 15.3. The molecule has 0 spiro atoms. The molecular formula is C35H63N3O2. The molecule has 0 aromatic carbocycles. The summed E-state index contributed by atoms with van der Waals surface area (Å²) in [6.07, 6.45) is 19.1. The molecule has 0 aliphatic heterocycles. The lowest BCUT2D eigenvalue weighted by Crippen LogP contribution is -2.52. The molecule has 1 amide bonds.